The third kappa shape index (κ3) is 8.26. The van der Waals surface area contributed by atoms with Crippen LogP contribution >= 0.6 is 0 Å². The van der Waals surface area contributed by atoms with Crippen LogP contribution in [0.5, 0.6) is 0 Å². The Balaban J connectivity index is 0.00000567. The maximum absolute atomic E-state index is 5.16. The van der Waals surface area contributed by atoms with Crippen molar-refractivity contribution in [2.24, 2.45) is 0 Å². The van der Waals surface area contributed by atoms with Gasteiger partial charge in [-0.15, -0.1) is 29.7 Å². The van der Waals surface area contributed by atoms with Gasteiger partial charge in [0.2, 0.25) is 0 Å². The normalized spacial score (nSPS) is 11.8. The summed E-state index contributed by atoms with van der Waals surface area (Å²) in [5.74, 6) is 1.56. The number of anilines is 3. The van der Waals surface area contributed by atoms with Gasteiger partial charge in [0.25, 0.3) is 0 Å². The van der Waals surface area contributed by atoms with Gasteiger partial charge in [-0.1, -0.05) is 166 Å². The van der Waals surface area contributed by atoms with Gasteiger partial charge in [0.15, 0.2) is 17.4 Å². The Morgan fingerprint density at radius 3 is 1.74 bits per heavy atom. The minimum absolute atomic E-state index is 0. The molecule has 0 amide bonds. The maximum atomic E-state index is 5.16. The number of benzene rings is 8. The van der Waals surface area contributed by atoms with E-state index in [9.17, 15) is 0 Å². The van der Waals surface area contributed by atoms with Gasteiger partial charge in [-0.05, 0) is 102 Å². The van der Waals surface area contributed by atoms with Crippen molar-refractivity contribution >= 4 is 49.9 Å². The molecule has 0 saturated carbocycles. The van der Waals surface area contributed by atoms with Crippen molar-refractivity contribution in [3.63, 3.8) is 0 Å². The molecule has 8 aromatic carbocycles. The summed E-state index contributed by atoms with van der Waals surface area (Å²) in [7, 11) is 0. The van der Waals surface area contributed by atoms with Gasteiger partial charge < -0.3 is 9.47 Å². The van der Waals surface area contributed by atoms with Crippen LogP contribution in [-0.4, -0.2) is 18.7 Å². The summed E-state index contributed by atoms with van der Waals surface area (Å²) < 4.78 is 6.93. The zero-order chi connectivity index (χ0) is 47.4. The number of hydrogen-bond donors (Lipinski definition) is 0. The predicted octanol–water partition coefficient (Wildman–Crippen LogP) is 17.3. The van der Waals surface area contributed by atoms with E-state index in [1.165, 1.54) is 22.2 Å². The molecule has 0 saturated heterocycles. The zero-order valence-electron chi connectivity index (χ0n) is 40.8. The fourth-order valence-electron chi connectivity index (χ4n) is 10.2. The van der Waals surface area contributed by atoms with Gasteiger partial charge in [0.05, 0.1) is 11.2 Å². The van der Waals surface area contributed by atoms with Crippen LogP contribution in [0.15, 0.2) is 201 Å². The van der Waals surface area contributed by atoms with Gasteiger partial charge in [-0.3, -0.25) is 0 Å². The van der Waals surface area contributed by atoms with E-state index in [0.717, 1.165) is 83.7 Å². The molecule has 3 heterocycles. The minimum atomic E-state index is -0.139. The molecule has 0 radical (unpaired) electrons. The van der Waals surface area contributed by atoms with Gasteiger partial charge in [-0.25, -0.2) is 14.1 Å². The fourth-order valence-corrected chi connectivity index (χ4v) is 10.2. The first-order valence-corrected chi connectivity index (χ1v) is 24.2. The number of hydrogen-bond acceptors (Lipinski definition) is 2. The number of imidazole rings is 1. The van der Waals surface area contributed by atoms with Gasteiger partial charge in [-0.2, -0.15) is 12.1 Å². The Morgan fingerprint density at radius 1 is 0.529 bits per heavy atom. The second-order valence-corrected chi connectivity index (χ2v) is 19.7. The smallest absolute Gasteiger partial charge is 0.188 e. The number of fused-ring (bicyclic) bond motifs is 4. The van der Waals surface area contributed by atoms with Crippen molar-refractivity contribution in [2.75, 3.05) is 4.90 Å². The molecule has 0 aliphatic heterocycles. The van der Waals surface area contributed by atoms with Crippen molar-refractivity contribution < 1.29 is 21.1 Å². The monoisotopic (exact) mass is 1090 g/mol. The Bertz CT molecular complexity index is 3590. The third-order valence-corrected chi connectivity index (χ3v) is 13.5. The van der Waals surface area contributed by atoms with Crippen molar-refractivity contribution in [1.82, 2.24) is 18.7 Å². The molecule has 5 nitrogen and oxygen atoms in total. The molecule has 0 bridgehead atoms. The maximum Gasteiger partial charge on any atom is 0.188 e. The molecule has 70 heavy (non-hydrogen) atoms. The van der Waals surface area contributed by atoms with E-state index in [0.29, 0.717) is 11.8 Å². The van der Waals surface area contributed by atoms with Gasteiger partial charge >= 0.3 is 0 Å². The van der Waals surface area contributed by atoms with Crippen LogP contribution in [0, 0.1) is 12.1 Å². The molecule has 11 rings (SSSR count). The molecular formula is C64H56N5Pt-. The van der Waals surface area contributed by atoms with Crippen LogP contribution in [0.25, 0.3) is 77.7 Å². The molecule has 11 aromatic rings. The molecule has 3 aromatic heterocycles. The van der Waals surface area contributed by atoms with E-state index in [2.05, 4.69) is 274 Å². The van der Waals surface area contributed by atoms with Gasteiger partial charge in [0.1, 0.15) is 5.82 Å². The third-order valence-electron chi connectivity index (χ3n) is 13.5. The Kier molecular flexibility index (Phi) is 12.5. The minimum Gasteiger partial charge on any atom is -0.357 e. The molecule has 6 heteroatoms. The summed E-state index contributed by atoms with van der Waals surface area (Å²) in [5, 5.41) is 2.25. The second-order valence-electron chi connectivity index (χ2n) is 19.7. The molecule has 0 aliphatic carbocycles. The van der Waals surface area contributed by atoms with Crippen molar-refractivity contribution in [2.45, 2.75) is 65.8 Å². The first kappa shape index (κ1) is 46.4. The Labute approximate surface area is 426 Å². The molecule has 0 N–H and O–H groups in total. The first-order valence-electron chi connectivity index (χ1n) is 24.2. The first-order chi connectivity index (χ1) is 33.5. The predicted molar refractivity (Wildman–Crippen MR) is 290 cm³/mol. The molecular weight excluding hydrogens is 1030 g/mol. The molecule has 0 spiro atoms. The number of rotatable bonds is 10. The van der Waals surface area contributed by atoms with E-state index in [4.69, 9.17) is 4.98 Å². The number of pyridine rings is 1. The topological polar surface area (TPSA) is 30.9 Å². The van der Waals surface area contributed by atoms with E-state index in [1.807, 2.05) is 6.20 Å². The average Bonchev–Trinajstić information content (AvgIpc) is 3.94. The number of para-hydroxylation sites is 4. The van der Waals surface area contributed by atoms with Crippen LogP contribution in [0.4, 0.5) is 17.1 Å². The molecule has 348 valence electrons. The summed E-state index contributed by atoms with van der Waals surface area (Å²) in [4.78, 5) is 7.53. The van der Waals surface area contributed by atoms with Gasteiger partial charge in [0, 0.05) is 61.7 Å². The van der Waals surface area contributed by atoms with Crippen molar-refractivity contribution in [1.29, 1.82) is 0 Å². The summed E-state index contributed by atoms with van der Waals surface area (Å²) in [6.07, 6.45) is 4.19. The molecule has 0 aliphatic rings. The summed E-state index contributed by atoms with van der Waals surface area (Å²) in [5.41, 5.74) is 17.5. The number of nitrogens with zero attached hydrogens (tertiary/aromatic N) is 5. The fraction of sp³-hybridized carbons (Fsp3) is 0.156. The summed E-state index contributed by atoms with van der Waals surface area (Å²) in [6, 6.07) is 75.7. The molecule has 0 unspecified atom stereocenters. The Morgan fingerprint density at radius 2 is 1.10 bits per heavy atom. The second kappa shape index (κ2) is 18.9. The van der Waals surface area contributed by atoms with E-state index in [1.54, 1.807) is 0 Å². The summed E-state index contributed by atoms with van der Waals surface area (Å²) >= 11 is 0. The largest absolute Gasteiger partial charge is 0.357 e. The van der Waals surface area contributed by atoms with Crippen LogP contribution in [0.1, 0.15) is 71.4 Å². The van der Waals surface area contributed by atoms with E-state index >= 15 is 0 Å². The summed E-state index contributed by atoms with van der Waals surface area (Å²) in [6.45, 7) is 15.9. The quantitative estimate of drug-likeness (QED) is 0.128. The van der Waals surface area contributed by atoms with E-state index in [-0.39, 0.29) is 26.6 Å². The Hall–Kier alpha value is -7.33. The van der Waals surface area contributed by atoms with Crippen molar-refractivity contribution in [3.05, 3.63) is 224 Å². The average molecular weight is 1090 g/mol. The molecule has 0 fully saturated rings. The zero-order valence-corrected chi connectivity index (χ0v) is 43.0. The van der Waals surface area contributed by atoms with Crippen LogP contribution in [0.2, 0.25) is 0 Å². The SMILES string of the molecule is CC(C)c1cccc(C(C)C)c1-c1ccnc(-n2c3[c-]c(N(c4[c-]c(-n5[cH+]n(C(C)(C)C)c6ccccc65)ccc4)c4c(-c5ccccc5)cccc4-c4ccccc4)ccc3c3ccccc32)c1.[Pt]. The van der Waals surface area contributed by atoms with Crippen LogP contribution in [0.3, 0.4) is 0 Å². The standard InChI is InChI=1S/C64H56N5.Pt/c1-43(2)51-28-19-29-52(44(3)4)62(51)47-37-38-65-61(39-47)69-57-32-15-14-27-55(57)56-36-35-50(41-60(56)69)68(63-53(45-21-10-8-11-22-45)30-20-31-54(63)46-23-12-9-13-24-46)49-26-18-25-48(40-49)66-42-67(64(5,6)7)59-34-17-16-33-58(59)66;/h8-39,42-44H,1-7H3;/q-1;. The van der Waals surface area contributed by atoms with Crippen LogP contribution in [-0.2, 0) is 26.6 Å². The van der Waals surface area contributed by atoms with E-state index < -0.39 is 0 Å². The van der Waals surface area contributed by atoms with Crippen molar-refractivity contribution in [3.8, 4) is 44.9 Å². The molecule has 0 atom stereocenters. The van der Waals surface area contributed by atoms with Crippen LogP contribution < -0.4 is 4.90 Å². The number of aromatic nitrogens is 4.